The number of nitrogens with zero attached hydrogens (tertiary/aromatic N) is 1. The fraction of sp³-hybridized carbons (Fsp3) is 0.600. The largest absolute Gasteiger partial charge is 0.383 e. The summed E-state index contributed by atoms with van der Waals surface area (Å²) in [7, 11) is 3.94. The molecule has 1 heterocycles. The van der Waals surface area contributed by atoms with Crippen molar-refractivity contribution in [1.82, 2.24) is 10.2 Å². The van der Waals surface area contributed by atoms with Gasteiger partial charge in [0.2, 0.25) is 0 Å². The minimum absolute atomic E-state index is 0.467. The van der Waals surface area contributed by atoms with Gasteiger partial charge < -0.3 is 10.1 Å². The summed E-state index contributed by atoms with van der Waals surface area (Å²) in [4.78, 5) is 2.37. The second-order valence-corrected chi connectivity index (χ2v) is 5.29. The fourth-order valence-electron chi connectivity index (χ4n) is 2.55. The molecule has 18 heavy (non-hydrogen) atoms. The molecule has 1 N–H and O–H groups in total. The molecule has 3 nitrogen and oxygen atoms in total. The second kappa shape index (κ2) is 6.32. The first-order valence-corrected chi connectivity index (χ1v) is 6.70. The van der Waals surface area contributed by atoms with Crippen LogP contribution in [-0.4, -0.2) is 44.3 Å². The number of methoxy groups -OCH3 is 1. The van der Waals surface area contributed by atoms with E-state index in [0.717, 1.165) is 26.1 Å². The molecule has 0 bridgehead atoms. The highest BCUT2D eigenvalue weighted by Crippen LogP contribution is 2.16. The third-order valence-electron chi connectivity index (χ3n) is 3.83. The van der Waals surface area contributed by atoms with Gasteiger partial charge in [-0.25, -0.2) is 0 Å². The monoisotopic (exact) mass is 248 g/mol. The summed E-state index contributed by atoms with van der Waals surface area (Å²) in [5.41, 5.74) is 2.94. The van der Waals surface area contributed by atoms with Crippen molar-refractivity contribution in [2.24, 2.45) is 0 Å². The number of nitrogens with one attached hydrogen (secondary N) is 1. The molecule has 0 saturated carbocycles. The Hall–Kier alpha value is -0.900. The topological polar surface area (TPSA) is 24.5 Å². The van der Waals surface area contributed by atoms with Gasteiger partial charge in [0.05, 0.1) is 6.61 Å². The maximum absolute atomic E-state index is 5.21. The lowest BCUT2D eigenvalue weighted by atomic mass is 9.95. The van der Waals surface area contributed by atoms with E-state index in [4.69, 9.17) is 4.74 Å². The van der Waals surface area contributed by atoms with Crippen LogP contribution in [0.25, 0.3) is 0 Å². The first kappa shape index (κ1) is 13.5. The van der Waals surface area contributed by atoms with Crippen LogP contribution in [0.2, 0.25) is 0 Å². The predicted octanol–water partition coefficient (Wildman–Crippen LogP) is 1.67. The molecule has 0 aliphatic carbocycles. The summed E-state index contributed by atoms with van der Waals surface area (Å²) in [6, 6.07) is 9.74. The molecule has 1 aromatic carbocycles. The Kier molecular flexibility index (Phi) is 4.75. The molecule has 2 rings (SSSR count). The van der Waals surface area contributed by atoms with E-state index in [-0.39, 0.29) is 0 Å². The van der Waals surface area contributed by atoms with Gasteiger partial charge in [-0.05, 0) is 31.5 Å². The molecule has 1 aliphatic rings. The minimum atomic E-state index is 0.467. The van der Waals surface area contributed by atoms with E-state index in [9.17, 15) is 0 Å². The molecule has 2 atom stereocenters. The van der Waals surface area contributed by atoms with Gasteiger partial charge in [-0.1, -0.05) is 24.3 Å². The lowest BCUT2D eigenvalue weighted by molar-refractivity contribution is 0.108. The molecule has 1 aliphatic heterocycles. The number of hydrogen-bond acceptors (Lipinski definition) is 3. The van der Waals surface area contributed by atoms with Crippen LogP contribution in [0.1, 0.15) is 18.1 Å². The van der Waals surface area contributed by atoms with Crippen LogP contribution in [0.4, 0.5) is 0 Å². The summed E-state index contributed by atoms with van der Waals surface area (Å²) in [6.45, 7) is 5.06. The molecule has 100 valence electrons. The van der Waals surface area contributed by atoms with Gasteiger partial charge in [-0.2, -0.15) is 0 Å². The van der Waals surface area contributed by atoms with Crippen LogP contribution in [-0.2, 0) is 17.7 Å². The third-order valence-corrected chi connectivity index (χ3v) is 3.83. The first-order valence-electron chi connectivity index (χ1n) is 6.70. The van der Waals surface area contributed by atoms with Gasteiger partial charge in [0.1, 0.15) is 0 Å². The SMILES string of the molecule is COCC(C)N(C)CC1Cc2ccccc2CN1. The quantitative estimate of drug-likeness (QED) is 0.858. The molecule has 0 saturated heterocycles. The average Bonchev–Trinajstić information content (AvgIpc) is 2.39. The minimum Gasteiger partial charge on any atom is -0.383 e. The van der Waals surface area contributed by atoms with Crippen molar-refractivity contribution >= 4 is 0 Å². The van der Waals surface area contributed by atoms with Gasteiger partial charge >= 0.3 is 0 Å². The zero-order valence-corrected chi connectivity index (χ0v) is 11.6. The molecule has 3 heteroatoms. The van der Waals surface area contributed by atoms with Crippen LogP contribution in [0, 0.1) is 0 Å². The number of benzene rings is 1. The Bertz CT molecular complexity index is 381. The zero-order valence-electron chi connectivity index (χ0n) is 11.6. The summed E-state index contributed by atoms with van der Waals surface area (Å²) in [5, 5.41) is 3.62. The van der Waals surface area contributed by atoms with E-state index in [1.807, 2.05) is 0 Å². The van der Waals surface area contributed by atoms with Crippen LogP contribution in [0.15, 0.2) is 24.3 Å². The normalized spacial score (nSPS) is 20.8. The maximum Gasteiger partial charge on any atom is 0.0615 e. The van der Waals surface area contributed by atoms with E-state index in [1.54, 1.807) is 7.11 Å². The third kappa shape index (κ3) is 3.31. The smallest absolute Gasteiger partial charge is 0.0615 e. The Morgan fingerprint density at radius 2 is 2.11 bits per heavy atom. The van der Waals surface area contributed by atoms with E-state index in [1.165, 1.54) is 11.1 Å². The Labute approximate surface area is 110 Å². The molecule has 1 aromatic rings. The highest BCUT2D eigenvalue weighted by Gasteiger charge is 2.20. The highest BCUT2D eigenvalue weighted by molar-refractivity contribution is 5.29. The van der Waals surface area contributed by atoms with Crippen molar-refractivity contribution in [2.75, 3.05) is 27.3 Å². The Morgan fingerprint density at radius 1 is 1.39 bits per heavy atom. The molecule has 0 spiro atoms. The second-order valence-electron chi connectivity index (χ2n) is 5.29. The molecule has 0 radical (unpaired) electrons. The van der Waals surface area contributed by atoms with E-state index >= 15 is 0 Å². The zero-order chi connectivity index (χ0) is 13.0. The van der Waals surface area contributed by atoms with E-state index in [0.29, 0.717) is 12.1 Å². The van der Waals surface area contributed by atoms with Gasteiger partial charge in [0.15, 0.2) is 0 Å². The summed E-state index contributed by atoms with van der Waals surface area (Å²) in [5.74, 6) is 0. The summed E-state index contributed by atoms with van der Waals surface area (Å²) < 4.78 is 5.21. The Morgan fingerprint density at radius 3 is 2.83 bits per heavy atom. The van der Waals surface area contributed by atoms with Gasteiger partial charge in [0, 0.05) is 32.3 Å². The van der Waals surface area contributed by atoms with Crippen LogP contribution in [0.3, 0.4) is 0 Å². The predicted molar refractivity (Wildman–Crippen MR) is 74.7 cm³/mol. The molecular weight excluding hydrogens is 224 g/mol. The van der Waals surface area contributed by atoms with Crippen molar-refractivity contribution in [1.29, 1.82) is 0 Å². The Balaban J connectivity index is 1.89. The highest BCUT2D eigenvalue weighted by atomic mass is 16.5. The van der Waals surface area contributed by atoms with Crippen molar-refractivity contribution in [2.45, 2.75) is 32.0 Å². The lowest BCUT2D eigenvalue weighted by Gasteiger charge is -2.32. The van der Waals surface area contributed by atoms with Crippen molar-refractivity contribution in [3.05, 3.63) is 35.4 Å². The number of fused-ring (bicyclic) bond motifs is 1. The molecule has 0 fully saturated rings. The van der Waals surface area contributed by atoms with Crippen molar-refractivity contribution < 1.29 is 4.74 Å². The average molecular weight is 248 g/mol. The number of rotatable bonds is 5. The maximum atomic E-state index is 5.21. The summed E-state index contributed by atoms with van der Waals surface area (Å²) >= 11 is 0. The molecular formula is C15H24N2O. The summed E-state index contributed by atoms with van der Waals surface area (Å²) in [6.07, 6.45) is 1.13. The number of hydrogen-bond donors (Lipinski definition) is 1. The standard InChI is InChI=1S/C15H24N2O/c1-12(11-18-3)17(2)10-15-8-13-6-4-5-7-14(13)9-16-15/h4-7,12,15-16H,8-11H2,1-3H3. The fourth-order valence-corrected chi connectivity index (χ4v) is 2.55. The number of likely N-dealkylation sites (N-methyl/N-ethyl adjacent to an activating group) is 1. The van der Waals surface area contributed by atoms with Gasteiger partial charge in [0.25, 0.3) is 0 Å². The van der Waals surface area contributed by atoms with Crippen LogP contribution < -0.4 is 5.32 Å². The molecule has 0 aromatic heterocycles. The van der Waals surface area contributed by atoms with Crippen molar-refractivity contribution in [3.8, 4) is 0 Å². The van der Waals surface area contributed by atoms with Crippen molar-refractivity contribution in [3.63, 3.8) is 0 Å². The van der Waals surface area contributed by atoms with E-state index in [2.05, 4.69) is 48.5 Å². The van der Waals surface area contributed by atoms with Crippen LogP contribution in [0.5, 0.6) is 0 Å². The molecule has 0 amide bonds. The van der Waals surface area contributed by atoms with Gasteiger partial charge in [-0.15, -0.1) is 0 Å². The van der Waals surface area contributed by atoms with Gasteiger partial charge in [-0.3, -0.25) is 4.90 Å². The van der Waals surface area contributed by atoms with E-state index < -0.39 is 0 Å². The van der Waals surface area contributed by atoms with Crippen LogP contribution >= 0.6 is 0 Å². The number of ether oxygens (including phenoxy) is 1. The molecule has 2 unspecified atom stereocenters. The lowest BCUT2D eigenvalue weighted by Crippen LogP contribution is -2.46. The first-order chi connectivity index (χ1) is 8.70.